The highest BCUT2D eigenvalue weighted by molar-refractivity contribution is 7.12. The molecule has 0 aliphatic rings. The fraction of sp³-hybridized carbons (Fsp3) is 0.282. The number of aromatic nitrogens is 2. The van der Waals surface area contributed by atoms with E-state index in [4.69, 9.17) is 14.2 Å². The molecule has 0 saturated carbocycles. The van der Waals surface area contributed by atoms with Crippen molar-refractivity contribution >= 4 is 51.0 Å². The second kappa shape index (κ2) is 17.9. The first kappa shape index (κ1) is 36.7. The third-order valence-electron chi connectivity index (χ3n) is 8.16. The fourth-order valence-corrected chi connectivity index (χ4v) is 5.84. The van der Waals surface area contributed by atoms with Crippen LogP contribution in [0.2, 0.25) is 0 Å². The zero-order valence-corrected chi connectivity index (χ0v) is 29.6. The summed E-state index contributed by atoms with van der Waals surface area (Å²) in [4.78, 5) is 51.7. The van der Waals surface area contributed by atoms with Crippen LogP contribution in [-0.2, 0) is 11.2 Å². The van der Waals surface area contributed by atoms with E-state index in [1.807, 2.05) is 0 Å². The molecule has 1 heterocycles. The molecule has 1 unspecified atom stereocenters. The maximum atomic E-state index is 13.2. The number of methoxy groups -OCH3 is 1. The summed E-state index contributed by atoms with van der Waals surface area (Å²) >= 11 is 1.24. The molecule has 12 heteroatoms. The summed E-state index contributed by atoms with van der Waals surface area (Å²) in [6.07, 6.45) is 5.91. The molecule has 5 aromatic rings. The molecule has 0 spiro atoms. The molecule has 0 bridgehead atoms. The minimum Gasteiger partial charge on any atom is -0.494 e. The van der Waals surface area contributed by atoms with Crippen molar-refractivity contribution in [3.05, 3.63) is 107 Å². The average molecular weight is 709 g/mol. The topological polar surface area (TPSA) is 146 Å². The summed E-state index contributed by atoms with van der Waals surface area (Å²) in [6, 6.07) is 22.5. The van der Waals surface area contributed by atoms with E-state index in [0.29, 0.717) is 46.0 Å². The van der Waals surface area contributed by atoms with Gasteiger partial charge in [-0.05, 0) is 110 Å². The number of ether oxygens (including phenoxy) is 3. The van der Waals surface area contributed by atoms with E-state index < -0.39 is 17.9 Å². The monoisotopic (exact) mass is 708 g/mol. The Morgan fingerprint density at radius 3 is 2.33 bits per heavy atom. The van der Waals surface area contributed by atoms with E-state index in [-0.39, 0.29) is 29.4 Å². The smallest absolute Gasteiger partial charge is 0.343 e. The Morgan fingerprint density at radius 2 is 1.57 bits per heavy atom. The Morgan fingerprint density at radius 1 is 0.804 bits per heavy atom. The van der Waals surface area contributed by atoms with Crippen LogP contribution in [0.15, 0.2) is 84.9 Å². The number of fused-ring (bicyclic) bond motifs is 1. The zero-order chi connectivity index (χ0) is 36.2. The van der Waals surface area contributed by atoms with Crippen LogP contribution in [-0.4, -0.2) is 52.9 Å². The van der Waals surface area contributed by atoms with Crippen molar-refractivity contribution in [2.45, 2.75) is 58.4 Å². The predicted molar refractivity (Wildman–Crippen MR) is 196 cm³/mol. The number of rotatable bonds is 17. The number of ketones is 1. The van der Waals surface area contributed by atoms with Crippen LogP contribution >= 0.6 is 11.5 Å². The van der Waals surface area contributed by atoms with Crippen LogP contribution in [0.25, 0.3) is 10.2 Å². The number of hydrogen-bond donors (Lipinski definition) is 2. The average Bonchev–Trinajstić information content (AvgIpc) is 3.62. The second-order valence-corrected chi connectivity index (χ2v) is 12.8. The van der Waals surface area contributed by atoms with Gasteiger partial charge in [-0.25, -0.2) is 4.79 Å². The van der Waals surface area contributed by atoms with Crippen molar-refractivity contribution < 1.29 is 33.4 Å². The number of unbranched alkanes of at least 4 members (excludes halogenated alkanes) is 4. The van der Waals surface area contributed by atoms with Crippen LogP contribution in [0.1, 0.15) is 82.6 Å². The van der Waals surface area contributed by atoms with Crippen LogP contribution in [0.5, 0.6) is 17.2 Å². The lowest BCUT2D eigenvalue weighted by Gasteiger charge is -2.18. The molecule has 0 radical (unpaired) electrons. The van der Waals surface area contributed by atoms with Gasteiger partial charge in [0.05, 0.1) is 30.0 Å². The first-order chi connectivity index (χ1) is 24.7. The fourth-order valence-electron chi connectivity index (χ4n) is 5.30. The first-order valence-corrected chi connectivity index (χ1v) is 17.6. The van der Waals surface area contributed by atoms with Gasteiger partial charge < -0.3 is 24.8 Å². The molecule has 11 nitrogen and oxygen atoms in total. The van der Waals surface area contributed by atoms with E-state index in [0.717, 1.165) is 17.5 Å². The minimum absolute atomic E-state index is 0.163. The van der Waals surface area contributed by atoms with Gasteiger partial charge in [-0.15, -0.1) is 5.10 Å². The summed E-state index contributed by atoms with van der Waals surface area (Å²) < 4.78 is 21.7. The Balaban J connectivity index is 1.17. The van der Waals surface area contributed by atoms with Crippen LogP contribution in [0.4, 0.5) is 5.69 Å². The predicted octanol–water partition coefficient (Wildman–Crippen LogP) is 7.45. The number of anilines is 1. The lowest BCUT2D eigenvalue weighted by molar-refractivity contribution is -0.118. The van der Waals surface area contributed by atoms with E-state index in [9.17, 15) is 19.2 Å². The molecule has 2 amide bonds. The highest BCUT2D eigenvalue weighted by Gasteiger charge is 2.21. The summed E-state index contributed by atoms with van der Waals surface area (Å²) in [6.45, 7) is 4.21. The number of Topliss-reactive ketones (excluding diaryl/α,β-unsaturated/α-hetero) is 1. The lowest BCUT2D eigenvalue weighted by atomic mass is 10.0. The number of amides is 2. The highest BCUT2D eigenvalue weighted by atomic mass is 32.1. The molecule has 0 saturated heterocycles. The van der Waals surface area contributed by atoms with Gasteiger partial charge in [0.2, 0.25) is 0 Å². The third kappa shape index (κ3) is 10.2. The summed E-state index contributed by atoms with van der Waals surface area (Å²) in [5, 5.41) is 9.60. The molecular formula is C39H40N4O7S. The van der Waals surface area contributed by atoms with Crippen molar-refractivity contribution in [2.24, 2.45) is 0 Å². The molecule has 1 atom stereocenters. The van der Waals surface area contributed by atoms with Gasteiger partial charge in [-0.1, -0.05) is 49.2 Å². The normalized spacial score (nSPS) is 11.4. The van der Waals surface area contributed by atoms with Gasteiger partial charge in [0, 0.05) is 16.8 Å². The van der Waals surface area contributed by atoms with Crippen LogP contribution in [0, 0.1) is 0 Å². The number of esters is 1. The molecular weight excluding hydrogens is 669 g/mol. The maximum absolute atomic E-state index is 13.2. The maximum Gasteiger partial charge on any atom is 0.343 e. The quantitative estimate of drug-likeness (QED) is 0.0571. The van der Waals surface area contributed by atoms with Crippen molar-refractivity contribution in [3.63, 3.8) is 0 Å². The van der Waals surface area contributed by atoms with Gasteiger partial charge in [0.15, 0.2) is 17.3 Å². The van der Waals surface area contributed by atoms with Gasteiger partial charge in [0.1, 0.15) is 11.3 Å². The second-order valence-electron chi connectivity index (χ2n) is 12.0. The van der Waals surface area contributed by atoms with Crippen molar-refractivity contribution in [2.75, 3.05) is 19.0 Å². The van der Waals surface area contributed by atoms with E-state index in [1.54, 1.807) is 78.9 Å². The van der Waals surface area contributed by atoms with E-state index in [2.05, 4.69) is 27.1 Å². The molecule has 51 heavy (non-hydrogen) atoms. The van der Waals surface area contributed by atoms with Crippen molar-refractivity contribution in [3.8, 4) is 17.2 Å². The largest absolute Gasteiger partial charge is 0.494 e. The number of carbonyl (C=O) groups is 4. The first-order valence-electron chi connectivity index (χ1n) is 16.8. The highest BCUT2D eigenvalue weighted by Crippen LogP contribution is 2.30. The Labute approximate surface area is 300 Å². The van der Waals surface area contributed by atoms with Gasteiger partial charge in [-0.3, -0.25) is 14.4 Å². The SMILES string of the molecule is CCCCCCCOc1ccc(C(=O)Oc2ccc(CC(NC(=O)c3cccc(NC(=O)c4ccc5snnc5c4)c3)C(C)=O)cc2OC)cc1. The summed E-state index contributed by atoms with van der Waals surface area (Å²) in [5.74, 6) is -0.458. The van der Waals surface area contributed by atoms with E-state index in [1.165, 1.54) is 50.9 Å². The Kier molecular flexibility index (Phi) is 12.8. The van der Waals surface area contributed by atoms with Crippen LogP contribution < -0.4 is 24.8 Å². The zero-order valence-electron chi connectivity index (χ0n) is 28.8. The summed E-state index contributed by atoms with van der Waals surface area (Å²) in [7, 11) is 1.45. The summed E-state index contributed by atoms with van der Waals surface area (Å²) in [5.41, 5.74) is 2.74. The Hall–Kier alpha value is -5.62. The molecule has 0 aliphatic carbocycles. The minimum atomic E-state index is -0.857. The molecule has 4 aromatic carbocycles. The van der Waals surface area contributed by atoms with Crippen molar-refractivity contribution in [1.82, 2.24) is 14.9 Å². The number of nitrogens with one attached hydrogen (secondary N) is 2. The third-order valence-corrected chi connectivity index (χ3v) is 8.87. The van der Waals surface area contributed by atoms with E-state index >= 15 is 0 Å². The standard InChI is InChI=1S/C39H40N4O7S/c1-4-5-6-7-8-20-49-31-16-13-27(14-17-31)39(47)50-34-18-12-26(22-35(34)48-3)21-32(25(2)44)41-38(46)28-10-9-11-30(23-28)40-37(45)29-15-19-36-33(24-29)42-43-51-36/h9-19,22-24,32H,4-8,20-21H2,1-3H3,(H,40,45)(H,41,46). The lowest BCUT2D eigenvalue weighted by Crippen LogP contribution is -2.41. The molecule has 1 aromatic heterocycles. The van der Waals surface area contributed by atoms with Crippen molar-refractivity contribution in [1.29, 1.82) is 0 Å². The number of nitrogens with zero attached hydrogens (tertiary/aromatic N) is 2. The molecule has 0 aliphatic heterocycles. The van der Waals surface area contributed by atoms with Gasteiger partial charge in [-0.2, -0.15) is 0 Å². The molecule has 0 fully saturated rings. The molecule has 5 rings (SSSR count). The van der Waals surface area contributed by atoms with Gasteiger partial charge >= 0.3 is 5.97 Å². The number of benzene rings is 4. The van der Waals surface area contributed by atoms with Gasteiger partial charge in [0.25, 0.3) is 11.8 Å². The molecule has 2 N–H and O–H groups in total. The molecule has 264 valence electrons. The Bertz CT molecular complexity index is 1990. The number of hydrogen-bond acceptors (Lipinski definition) is 10. The van der Waals surface area contributed by atoms with Crippen LogP contribution in [0.3, 0.4) is 0 Å². The number of carbonyl (C=O) groups excluding carboxylic acids is 4.